The predicted molar refractivity (Wildman–Crippen MR) is 87.0 cm³/mol. The molecule has 0 bridgehead atoms. The second kappa shape index (κ2) is 7.83. The van der Waals surface area contributed by atoms with Gasteiger partial charge in [0.25, 0.3) is 0 Å². The first-order chi connectivity index (χ1) is 11.0. The van der Waals surface area contributed by atoms with E-state index in [0.29, 0.717) is 5.69 Å². The van der Waals surface area contributed by atoms with Gasteiger partial charge in [-0.15, -0.1) is 0 Å². The molecule has 0 saturated carbocycles. The number of halogens is 2. The Morgan fingerprint density at radius 3 is 2.00 bits per heavy atom. The molecule has 5 heteroatoms. The van der Waals surface area contributed by atoms with Crippen molar-refractivity contribution in [1.29, 1.82) is 0 Å². The quantitative estimate of drug-likeness (QED) is 0.848. The van der Waals surface area contributed by atoms with Gasteiger partial charge in [0.05, 0.1) is 6.54 Å². The molecule has 2 aromatic carbocycles. The minimum absolute atomic E-state index is 0.0606. The normalized spacial score (nSPS) is 12.2. The Labute approximate surface area is 134 Å². The molecule has 0 unspecified atom stereocenters. The molecule has 0 saturated heterocycles. The molecule has 3 nitrogen and oxygen atoms in total. The van der Waals surface area contributed by atoms with Crippen molar-refractivity contribution >= 4 is 11.6 Å². The third kappa shape index (κ3) is 5.14. The van der Waals surface area contributed by atoms with Crippen LogP contribution in [0.1, 0.15) is 25.5 Å². The summed E-state index contributed by atoms with van der Waals surface area (Å²) in [7, 11) is 0. The Kier molecular flexibility index (Phi) is 5.82. The molecule has 0 spiro atoms. The summed E-state index contributed by atoms with van der Waals surface area (Å²) in [5.41, 5.74) is 1.47. The number of hydrogen-bond acceptors (Lipinski definition) is 2. The largest absolute Gasteiger partial charge is 0.325 e. The molecule has 0 aromatic heterocycles. The van der Waals surface area contributed by atoms with E-state index in [0.717, 1.165) is 5.56 Å². The molecule has 2 N–H and O–H groups in total. The fourth-order valence-electron chi connectivity index (χ4n) is 2.35. The average Bonchev–Trinajstić information content (AvgIpc) is 2.51. The van der Waals surface area contributed by atoms with Crippen LogP contribution in [0.2, 0.25) is 0 Å². The molecule has 0 heterocycles. The van der Waals surface area contributed by atoms with Gasteiger partial charge in [-0.2, -0.15) is 0 Å². The third-order valence-electron chi connectivity index (χ3n) is 3.51. The summed E-state index contributed by atoms with van der Waals surface area (Å²) < 4.78 is 25.9. The highest BCUT2D eigenvalue weighted by Gasteiger charge is 2.16. The molecule has 23 heavy (non-hydrogen) atoms. The summed E-state index contributed by atoms with van der Waals surface area (Å²) >= 11 is 0. The van der Waals surface area contributed by atoms with Crippen LogP contribution in [-0.4, -0.2) is 12.5 Å². The second-order valence-electron chi connectivity index (χ2n) is 5.71. The number of nitrogens with one attached hydrogen (secondary N) is 2. The van der Waals surface area contributed by atoms with Crippen LogP contribution in [0.25, 0.3) is 0 Å². The van der Waals surface area contributed by atoms with Crippen molar-refractivity contribution in [1.82, 2.24) is 5.32 Å². The first-order valence-electron chi connectivity index (χ1n) is 7.50. The Morgan fingerprint density at radius 2 is 1.48 bits per heavy atom. The van der Waals surface area contributed by atoms with Crippen LogP contribution in [0, 0.1) is 17.6 Å². The molecule has 1 atom stereocenters. The molecule has 0 aliphatic carbocycles. The van der Waals surface area contributed by atoms with E-state index in [9.17, 15) is 13.6 Å². The highest BCUT2D eigenvalue weighted by Crippen LogP contribution is 2.21. The van der Waals surface area contributed by atoms with E-state index >= 15 is 0 Å². The molecule has 0 radical (unpaired) electrons. The van der Waals surface area contributed by atoms with Gasteiger partial charge in [-0.25, -0.2) is 8.78 Å². The van der Waals surface area contributed by atoms with Gasteiger partial charge in [0.2, 0.25) is 5.91 Å². The monoisotopic (exact) mass is 318 g/mol. The van der Waals surface area contributed by atoms with Crippen molar-refractivity contribution in [2.45, 2.75) is 19.9 Å². The van der Waals surface area contributed by atoms with Crippen LogP contribution in [0.4, 0.5) is 14.5 Å². The molecule has 0 aliphatic heterocycles. The number of carbonyl (C=O) groups excluding carboxylic acids is 1. The summed E-state index contributed by atoms with van der Waals surface area (Å²) in [6, 6.07) is 11.8. The summed E-state index contributed by atoms with van der Waals surface area (Å²) in [4.78, 5) is 12.0. The van der Waals surface area contributed by atoms with Gasteiger partial charge in [-0.3, -0.25) is 4.79 Å². The number of carbonyl (C=O) groups is 1. The van der Waals surface area contributed by atoms with Crippen molar-refractivity contribution in [2.75, 3.05) is 11.9 Å². The van der Waals surface area contributed by atoms with Crippen molar-refractivity contribution in [2.24, 2.45) is 5.92 Å². The van der Waals surface area contributed by atoms with Gasteiger partial charge in [-0.1, -0.05) is 26.0 Å². The van der Waals surface area contributed by atoms with E-state index in [1.54, 1.807) is 12.1 Å². The highest BCUT2D eigenvalue weighted by molar-refractivity contribution is 5.92. The summed E-state index contributed by atoms with van der Waals surface area (Å²) in [6.45, 7) is 4.16. The van der Waals surface area contributed by atoms with E-state index in [-0.39, 0.29) is 36.0 Å². The van der Waals surface area contributed by atoms with Gasteiger partial charge in [-0.05, 0) is 47.9 Å². The van der Waals surface area contributed by atoms with Crippen LogP contribution in [-0.2, 0) is 4.79 Å². The Morgan fingerprint density at radius 1 is 0.957 bits per heavy atom. The van der Waals surface area contributed by atoms with E-state index in [2.05, 4.69) is 10.6 Å². The van der Waals surface area contributed by atoms with Crippen LogP contribution in [0.15, 0.2) is 48.5 Å². The minimum atomic E-state index is -0.350. The van der Waals surface area contributed by atoms with Crippen molar-refractivity contribution in [3.63, 3.8) is 0 Å². The first-order valence-corrected chi connectivity index (χ1v) is 7.50. The van der Waals surface area contributed by atoms with E-state index < -0.39 is 0 Å². The lowest BCUT2D eigenvalue weighted by atomic mass is 9.96. The molecule has 0 fully saturated rings. The molecular weight excluding hydrogens is 298 g/mol. The van der Waals surface area contributed by atoms with Gasteiger partial charge in [0.15, 0.2) is 0 Å². The molecule has 1 amide bonds. The molecule has 2 rings (SSSR count). The standard InChI is InChI=1S/C18H20F2N2O/c1-12(2)18(13-3-5-14(19)6-4-13)21-11-17(23)22-16-9-7-15(20)8-10-16/h3-10,12,18,21H,11H2,1-2H3,(H,22,23)/t18-/m0/s1. The van der Waals surface area contributed by atoms with Gasteiger partial charge in [0.1, 0.15) is 11.6 Å². The Balaban J connectivity index is 1.94. The number of anilines is 1. The SMILES string of the molecule is CC(C)[C@H](NCC(=O)Nc1ccc(F)cc1)c1ccc(F)cc1. The maximum absolute atomic E-state index is 13.0. The number of amides is 1. The lowest BCUT2D eigenvalue weighted by molar-refractivity contribution is -0.115. The maximum Gasteiger partial charge on any atom is 0.238 e. The molecule has 2 aromatic rings. The van der Waals surface area contributed by atoms with E-state index in [1.165, 1.54) is 36.4 Å². The maximum atomic E-state index is 13.0. The third-order valence-corrected chi connectivity index (χ3v) is 3.51. The van der Waals surface area contributed by atoms with Crippen LogP contribution < -0.4 is 10.6 Å². The van der Waals surface area contributed by atoms with Crippen LogP contribution in [0.3, 0.4) is 0 Å². The zero-order chi connectivity index (χ0) is 16.8. The van der Waals surface area contributed by atoms with Crippen molar-refractivity contribution in [3.05, 3.63) is 65.7 Å². The topological polar surface area (TPSA) is 41.1 Å². The average molecular weight is 318 g/mol. The fourth-order valence-corrected chi connectivity index (χ4v) is 2.35. The van der Waals surface area contributed by atoms with E-state index in [1.807, 2.05) is 13.8 Å². The van der Waals surface area contributed by atoms with Gasteiger partial charge in [0, 0.05) is 11.7 Å². The fraction of sp³-hybridized carbons (Fsp3) is 0.278. The Bertz CT molecular complexity index is 639. The first kappa shape index (κ1) is 17.1. The highest BCUT2D eigenvalue weighted by atomic mass is 19.1. The lowest BCUT2D eigenvalue weighted by Gasteiger charge is -2.22. The zero-order valence-electron chi connectivity index (χ0n) is 13.1. The minimum Gasteiger partial charge on any atom is -0.325 e. The smallest absolute Gasteiger partial charge is 0.238 e. The predicted octanol–water partition coefficient (Wildman–Crippen LogP) is 3.89. The number of rotatable bonds is 6. The van der Waals surface area contributed by atoms with Crippen LogP contribution >= 0.6 is 0 Å². The van der Waals surface area contributed by atoms with Crippen molar-refractivity contribution in [3.8, 4) is 0 Å². The summed E-state index contributed by atoms with van der Waals surface area (Å²) in [5.74, 6) is -0.619. The Hall–Kier alpha value is -2.27. The van der Waals surface area contributed by atoms with Gasteiger partial charge >= 0.3 is 0 Å². The second-order valence-corrected chi connectivity index (χ2v) is 5.71. The molecule has 0 aliphatic rings. The zero-order valence-corrected chi connectivity index (χ0v) is 13.1. The summed E-state index contributed by atoms with van der Waals surface area (Å²) in [5, 5.41) is 5.87. The molecular formula is C18H20F2N2O. The number of hydrogen-bond donors (Lipinski definition) is 2. The van der Waals surface area contributed by atoms with Crippen molar-refractivity contribution < 1.29 is 13.6 Å². The van der Waals surface area contributed by atoms with Crippen LogP contribution in [0.5, 0.6) is 0 Å². The number of benzene rings is 2. The molecule has 122 valence electrons. The van der Waals surface area contributed by atoms with Gasteiger partial charge < -0.3 is 10.6 Å². The van der Waals surface area contributed by atoms with E-state index in [4.69, 9.17) is 0 Å². The summed E-state index contributed by atoms with van der Waals surface area (Å²) in [6.07, 6.45) is 0. The lowest BCUT2D eigenvalue weighted by Crippen LogP contribution is -2.33.